The van der Waals surface area contributed by atoms with Crippen molar-refractivity contribution in [1.82, 2.24) is 0 Å². The number of anilines is 1. The van der Waals surface area contributed by atoms with Gasteiger partial charge in [0.15, 0.2) is 0 Å². The van der Waals surface area contributed by atoms with Gasteiger partial charge in [-0.3, -0.25) is 4.79 Å². The SMILES string of the molecule is CCCCCc1ccc(NC(=O)CC(C)N)cc1. The van der Waals surface area contributed by atoms with Crippen molar-refractivity contribution in [1.29, 1.82) is 0 Å². The molecule has 1 rings (SSSR count). The van der Waals surface area contributed by atoms with Gasteiger partial charge in [0.05, 0.1) is 0 Å². The zero-order valence-electron chi connectivity index (χ0n) is 11.4. The lowest BCUT2D eigenvalue weighted by molar-refractivity contribution is -0.116. The van der Waals surface area contributed by atoms with Crippen LogP contribution in [0.4, 0.5) is 5.69 Å². The van der Waals surface area contributed by atoms with Crippen LogP contribution in [0, 0.1) is 0 Å². The van der Waals surface area contributed by atoms with E-state index in [4.69, 9.17) is 5.73 Å². The molecule has 0 aliphatic heterocycles. The minimum absolute atomic E-state index is 0.0243. The van der Waals surface area contributed by atoms with Gasteiger partial charge in [-0.1, -0.05) is 31.9 Å². The van der Waals surface area contributed by atoms with Crippen molar-refractivity contribution in [2.75, 3.05) is 5.32 Å². The van der Waals surface area contributed by atoms with Crippen LogP contribution in [0.2, 0.25) is 0 Å². The zero-order chi connectivity index (χ0) is 13.4. The fourth-order valence-corrected chi connectivity index (χ4v) is 1.84. The normalized spacial score (nSPS) is 12.2. The molecule has 0 saturated heterocycles. The van der Waals surface area contributed by atoms with E-state index in [1.807, 2.05) is 19.1 Å². The average molecular weight is 248 g/mol. The summed E-state index contributed by atoms with van der Waals surface area (Å²) >= 11 is 0. The van der Waals surface area contributed by atoms with E-state index in [1.165, 1.54) is 24.8 Å². The highest BCUT2D eigenvalue weighted by atomic mass is 16.1. The highest BCUT2D eigenvalue weighted by Crippen LogP contribution is 2.12. The molecule has 0 bridgehead atoms. The number of carbonyl (C=O) groups is 1. The van der Waals surface area contributed by atoms with Crippen LogP contribution in [0.15, 0.2) is 24.3 Å². The van der Waals surface area contributed by atoms with Crippen molar-refractivity contribution >= 4 is 11.6 Å². The highest BCUT2D eigenvalue weighted by molar-refractivity contribution is 5.91. The number of rotatable bonds is 7. The van der Waals surface area contributed by atoms with Crippen LogP contribution in [0.5, 0.6) is 0 Å². The summed E-state index contributed by atoms with van der Waals surface area (Å²) < 4.78 is 0. The Morgan fingerprint density at radius 3 is 2.50 bits per heavy atom. The summed E-state index contributed by atoms with van der Waals surface area (Å²) in [6.45, 7) is 4.04. The van der Waals surface area contributed by atoms with Gasteiger partial charge in [-0.25, -0.2) is 0 Å². The van der Waals surface area contributed by atoms with E-state index in [0.717, 1.165) is 12.1 Å². The molecule has 0 radical (unpaired) electrons. The van der Waals surface area contributed by atoms with Gasteiger partial charge in [0.2, 0.25) is 5.91 Å². The lowest BCUT2D eigenvalue weighted by atomic mass is 10.1. The number of hydrogen-bond acceptors (Lipinski definition) is 2. The molecule has 0 saturated carbocycles. The van der Waals surface area contributed by atoms with Gasteiger partial charge in [-0.05, 0) is 37.5 Å². The smallest absolute Gasteiger partial charge is 0.225 e. The molecular formula is C15H24N2O. The van der Waals surface area contributed by atoms with E-state index in [0.29, 0.717) is 6.42 Å². The lowest BCUT2D eigenvalue weighted by Crippen LogP contribution is -2.23. The number of aryl methyl sites for hydroxylation is 1. The third-order valence-electron chi connectivity index (χ3n) is 2.81. The standard InChI is InChI=1S/C15H24N2O/c1-3-4-5-6-13-7-9-14(10-8-13)17-15(18)11-12(2)16/h7-10,12H,3-6,11,16H2,1-2H3,(H,17,18). The van der Waals surface area contributed by atoms with Crippen molar-refractivity contribution in [3.8, 4) is 0 Å². The molecule has 100 valence electrons. The molecule has 0 spiro atoms. The van der Waals surface area contributed by atoms with Crippen LogP contribution in [-0.4, -0.2) is 11.9 Å². The van der Waals surface area contributed by atoms with Crippen molar-refractivity contribution in [2.45, 2.75) is 52.0 Å². The Kier molecular flexibility index (Phi) is 6.44. The van der Waals surface area contributed by atoms with Gasteiger partial charge < -0.3 is 11.1 Å². The van der Waals surface area contributed by atoms with Gasteiger partial charge in [-0.15, -0.1) is 0 Å². The molecule has 18 heavy (non-hydrogen) atoms. The molecule has 1 aromatic carbocycles. The molecule has 1 atom stereocenters. The van der Waals surface area contributed by atoms with Crippen molar-refractivity contribution in [3.63, 3.8) is 0 Å². The maximum atomic E-state index is 11.5. The molecule has 0 fully saturated rings. The monoisotopic (exact) mass is 248 g/mol. The molecule has 3 heteroatoms. The quantitative estimate of drug-likeness (QED) is 0.728. The first kappa shape index (κ1) is 14.7. The molecule has 0 aliphatic carbocycles. The van der Waals surface area contributed by atoms with E-state index in [2.05, 4.69) is 24.4 Å². The molecule has 0 aliphatic rings. The summed E-state index contributed by atoms with van der Waals surface area (Å²) in [4.78, 5) is 11.5. The van der Waals surface area contributed by atoms with Crippen LogP contribution < -0.4 is 11.1 Å². The molecular weight excluding hydrogens is 224 g/mol. The van der Waals surface area contributed by atoms with Crippen molar-refractivity contribution in [3.05, 3.63) is 29.8 Å². The maximum Gasteiger partial charge on any atom is 0.225 e. The molecule has 1 amide bonds. The lowest BCUT2D eigenvalue weighted by Gasteiger charge is -2.08. The summed E-state index contributed by atoms with van der Waals surface area (Å²) in [7, 11) is 0. The zero-order valence-corrected chi connectivity index (χ0v) is 11.4. The highest BCUT2D eigenvalue weighted by Gasteiger charge is 2.05. The molecule has 1 unspecified atom stereocenters. The first-order valence-corrected chi connectivity index (χ1v) is 6.76. The molecule has 0 aromatic heterocycles. The summed E-state index contributed by atoms with van der Waals surface area (Å²) in [6, 6.07) is 7.98. The average Bonchev–Trinajstić information content (AvgIpc) is 2.30. The maximum absolute atomic E-state index is 11.5. The van der Waals surface area contributed by atoms with E-state index in [1.54, 1.807) is 0 Å². The topological polar surface area (TPSA) is 55.1 Å². The third-order valence-corrected chi connectivity index (χ3v) is 2.81. The van der Waals surface area contributed by atoms with Gasteiger partial charge in [0.1, 0.15) is 0 Å². The van der Waals surface area contributed by atoms with E-state index in [-0.39, 0.29) is 11.9 Å². The summed E-state index contributed by atoms with van der Waals surface area (Å²) in [6.07, 6.45) is 5.21. The number of amides is 1. The number of carbonyl (C=O) groups excluding carboxylic acids is 1. The van der Waals surface area contributed by atoms with Crippen LogP contribution >= 0.6 is 0 Å². The largest absolute Gasteiger partial charge is 0.327 e. The van der Waals surface area contributed by atoms with Crippen LogP contribution in [0.3, 0.4) is 0 Å². The van der Waals surface area contributed by atoms with Gasteiger partial charge in [0.25, 0.3) is 0 Å². The Morgan fingerprint density at radius 2 is 1.94 bits per heavy atom. The van der Waals surface area contributed by atoms with Crippen molar-refractivity contribution in [2.24, 2.45) is 5.73 Å². The molecule has 0 heterocycles. The number of benzene rings is 1. The minimum atomic E-state index is -0.0988. The number of nitrogens with one attached hydrogen (secondary N) is 1. The first-order valence-electron chi connectivity index (χ1n) is 6.76. The molecule has 3 nitrogen and oxygen atoms in total. The predicted molar refractivity (Wildman–Crippen MR) is 76.6 cm³/mol. The first-order chi connectivity index (χ1) is 8.61. The van der Waals surface area contributed by atoms with Gasteiger partial charge in [-0.2, -0.15) is 0 Å². The van der Waals surface area contributed by atoms with Crippen LogP contribution in [-0.2, 0) is 11.2 Å². The van der Waals surface area contributed by atoms with E-state index < -0.39 is 0 Å². The predicted octanol–water partition coefficient (Wildman–Crippen LogP) is 3.10. The number of hydrogen-bond donors (Lipinski definition) is 2. The Balaban J connectivity index is 2.42. The summed E-state index contributed by atoms with van der Waals surface area (Å²) in [5.41, 5.74) is 7.75. The second kappa shape index (κ2) is 7.88. The number of unbranched alkanes of at least 4 members (excludes halogenated alkanes) is 2. The van der Waals surface area contributed by atoms with Crippen LogP contribution in [0.25, 0.3) is 0 Å². The van der Waals surface area contributed by atoms with Crippen molar-refractivity contribution < 1.29 is 4.79 Å². The Morgan fingerprint density at radius 1 is 1.28 bits per heavy atom. The molecule has 1 aromatic rings. The Hall–Kier alpha value is -1.35. The second-order valence-corrected chi connectivity index (χ2v) is 4.88. The third kappa shape index (κ3) is 5.82. The van der Waals surface area contributed by atoms with Gasteiger partial charge in [0, 0.05) is 18.2 Å². The van der Waals surface area contributed by atoms with Crippen LogP contribution in [0.1, 0.15) is 45.1 Å². The Labute approximate surface area is 110 Å². The fraction of sp³-hybridized carbons (Fsp3) is 0.533. The number of nitrogens with two attached hydrogens (primary N) is 1. The second-order valence-electron chi connectivity index (χ2n) is 4.88. The minimum Gasteiger partial charge on any atom is -0.327 e. The van der Waals surface area contributed by atoms with Gasteiger partial charge >= 0.3 is 0 Å². The Bertz CT molecular complexity index is 357. The summed E-state index contributed by atoms with van der Waals surface area (Å²) in [5, 5.41) is 2.85. The summed E-state index contributed by atoms with van der Waals surface area (Å²) in [5.74, 6) is -0.0243. The van der Waals surface area contributed by atoms with E-state index >= 15 is 0 Å². The molecule has 3 N–H and O–H groups in total. The van der Waals surface area contributed by atoms with E-state index in [9.17, 15) is 4.79 Å². The fourth-order valence-electron chi connectivity index (χ4n) is 1.84.